The SMILES string of the molecule is Cc1cc(C(=O)NCc2cccc(Br)c2)nc2cc(-c3ccccn3)nn12. The van der Waals surface area contributed by atoms with E-state index in [1.165, 1.54) is 0 Å². The van der Waals surface area contributed by atoms with Gasteiger partial charge in [-0.2, -0.15) is 5.10 Å². The molecule has 27 heavy (non-hydrogen) atoms. The summed E-state index contributed by atoms with van der Waals surface area (Å²) in [6.45, 7) is 2.33. The Morgan fingerprint density at radius 2 is 2.00 bits per heavy atom. The summed E-state index contributed by atoms with van der Waals surface area (Å²) in [5.41, 5.74) is 4.30. The topological polar surface area (TPSA) is 72.2 Å². The molecule has 7 heteroatoms. The van der Waals surface area contributed by atoms with E-state index < -0.39 is 0 Å². The number of aryl methyl sites for hydroxylation is 1. The van der Waals surface area contributed by atoms with E-state index in [0.717, 1.165) is 27.1 Å². The zero-order chi connectivity index (χ0) is 18.8. The first kappa shape index (κ1) is 17.4. The number of amides is 1. The molecule has 0 atom stereocenters. The van der Waals surface area contributed by atoms with Gasteiger partial charge in [-0.05, 0) is 42.8 Å². The molecule has 6 nitrogen and oxygen atoms in total. The maximum Gasteiger partial charge on any atom is 0.270 e. The number of fused-ring (bicyclic) bond motifs is 1. The number of carbonyl (C=O) groups excluding carboxylic acids is 1. The van der Waals surface area contributed by atoms with E-state index in [0.29, 0.717) is 17.9 Å². The first-order valence-corrected chi connectivity index (χ1v) is 9.21. The fraction of sp³-hybridized carbons (Fsp3) is 0.100. The number of pyridine rings is 1. The minimum absolute atomic E-state index is 0.221. The number of benzene rings is 1. The number of rotatable bonds is 4. The van der Waals surface area contributed by atoms with Gasteiger partial charge in [0.25, 0.3) is 5.91 Å². The van der Waals surface area contributed by atoms with Gasteiger partial charge in [-0.3, -0.25) is 9.78 Å². The lowest BCUT2D eigenvalue weighted by atomic mass is 10.2. The zero-order valence-electron chi connectivity index (χ0n) is 14.6. The lowest BCUT2D eigenvalue weighted by molar-refractivity contribution is 0.0946. The highest BCUT2D eigenvalue weighted by atomic mass is 79.9. The predicted molar refractivity (Wildman–Crippen MR) is 106 cm³/mol. The van der Waals surface area contributed by atoms with Gasteiger partial charge in [0.1, 0.15) is 11.4 Å². The molecule has 1 amide bonds. The van der Waals surface area contributed by atoms with Gasteiger partial charge in [0, 0.05) is 29.0 Å². The van der Waals surface area contributed by atoms with E-state index in [1.807, 2.05) is 55.5 Å². The van der Waals surface area contributed by atoms with Gasteiger partial charge < -0.3 is 5.32 Å². The van der Waals surface area contributed by atoms with E-state index in [1.54, 1.807) is 16.8 Å². The van der Waals surface area contributed by atoms with Crippen molar-refractivity contribution in [1.29, 1.82) is 0 Å². The van der Waals surface area contributed by atoms with Crippen molar-refractivity contribution in [3.63, 3.8) is 0 Å². The average Bonchev–Trinajstić information content (AvgIpc) is 3.12. The molecule has 0 saturated carbocycles. The quantitative estimate of drug-likeness (QED) is 0.543. The molecule has 4 aromatic rings. The third-order valence-corrected chi connectivity index (χ3v) is 4.60. The van der Waals surface area contributed by atoms with Gasteiger partial charge in [0.15, 0.2) is 5.65 Å². The molecule has 0 aliphatic rings. The molecule has 1 aromatic carbocycles. The maximum atomic E-state index is 12.5. The Hall–Kier alpha value is -3.06. The van der Waals surface area contributed by atoms with Gasteiger partial charge >= 0.3 is 0 Å². The summed E-state index contributed by atoms with van der Waals surface area (Å²) in [5, 5.41) is 7.45. The highest BCUT2D eigenvalue weighted by molar-refractivity contribution is 9.10. The lowest BCUT2D eigenvalue weighted by Crippen LogP contribution is -2.24. The highest BCUT2D eigenvalue weighted by Crippen LogP contribution is 2.18. The standard InChI is InChI=1S/C20H16BrN5O/c1-13-9-18(20(27)23-12-14-5-4-6-15(21)10-14)24-19-11-17(25-26(13)19)16-7-2-3-8-22-16/h2-11H,12H2,1H3,(H,23,27). The second-order valence-electron chi connectivity index (χ2n) is 6.11. The second-order valence-corrected chi connectivity index (χ2v) is 7.03. The van der Waals surface area contributed by atoms with Crippen LogP contribution in [0.5, 0.6) is 0 Å². The van der Waals surface area contributed by atoms with Crippen LogP contribution in [0.25, 0.3) is 17.0 Å². The molecule has 0 radical (unpaired) electrons. The molecule has 0 fully saturated rings. The Morgan fingerprint density at radius 3 is 2.78 bits per heavy atom. The fourth-order valence-corrected chi connectivity index (χ4v) is 3.25. The van der Waals surface area contributed by atoms with Crippen molar-refractivity contribution >= 4 is 27.5 Å². The largest absolute Gasteiger partial charge is 0.347 e. The molecule has 0 aliphatic carbocycles. The number of nitrogens with one attached hydrogen (secondary N) is 1. The second kappa shape index (κ2) is 7.28. The number of hydrogen-bond donors (Lipinski definition) is 1. The van der Waals surface area contributed by atoms with E-state index >= 15 is 0 Å². The van der Waals surface area contributed by atoms with Gasteiger partial charge in [0.05, 0.1) is 5.69 Å². The monoisotopic (exact) mass is 421 g/mol. The molecule has 0 spiro atoms. The van der Waals surface area contributed by atoms with Gasteiger partial charge in [-0.15, -0.1) is 0 Å². The summed E-state index contributed by atoms with van der Waals surface area (Å²) in [6, 6.07) is 17.0. The van der Waals surface area contributed by atoms with Crippen LogP contribution in [0, 0.1) is 6.92 Å². The van der Waals surface area contributed by atoms with Crippen LogP contribution >= 0.6 is 15.9 Å². The Kier molecular flexibility index (Phi) is 4.68. The summed E-state index contributed by atoms with van der Waals surface area (Å²) < 4.78 is 2.70. The third kappa shape index (κ3) is 3.73. The minimum atomic E-state index is -0.221. The van der Waals surface area contributed by atoms with Crippen LogP contribution in [0.2, 0.25) is 0 Å². The zero-order valence-corrected chi connectivity index (χ0v) is 16.1. The molecule has 0 bridgehead atoms. The lowest BCUT2D eigenvalue weighted by Gasteiger charge is -2.07. The van der Waals surface area contributed by atoms with Crippen molar-refractivity contribution in [3.8, 4) is 11.4 Å². The van der Waals surface area contributed by atoms with Crippen LogP contribution < -0.4 is 5.32 Å². The summed E-state index contributed by atoms with van der Waals surface area (Å²) in [7, 11) is 0. The van der Waals surface area contributed by atoms with E-state index in [4.69, 9.17) is 0 Å². The summed E-state index contributed by atoms with van der Waals surface area (Å²) in [4.78, 5) is 21.3. The average molecular weight is 422 g/mol. The molecule has 1 N–H and O–H groups in total. The van der Waals surface area contributed by atoms with Crippen molar-refractivity contribution in [2.45, 2.75) is 13.5 Å². The molecule has 0 unspecified atom stereocenters. The van der Waals surface area contributed by atoms with E-state index in [-0.39, 0.29) is 5.91 Å². The minimum Gasteiger partial charge on any atom is -0.347 e. The fourth-order valence-electron chi connectivity index (χ4n) is 2.80. The van der Waals surface area contributed by atoms with E-state index in [2.05, 4.69) is 36.3 Å². The number of carbonyl (C=O) groups is 1. The Labute approximate surface area is 164 Å². The van der Waals surface area contributed by atoms with Crippen LogP contribution in [0.3, 0.4) is 0 Å². The normalized spacial score (nSPS) is 10.9. The molecule has 3 aromatic heterocycles. The highest BCUT2D eigenvalue weighted by Gasteiger charge is 2.13. The van der Waals surface area contributed by atoms with Crippen LogP contribution in [-0.2, 0) is 6.54 Å². The number of aromatic nitrogens is 4. The Balaban J connectivity index is 1.59. The molecule has 4 rings (SSSR count). The summed E-state index contributed by atoms with van der Waals surface area (Å²) in [6.07, 6.45) is 1.72. The number of halogens is 1. The molecular weight excluding hydrogens is 406 g/mol. The number of nitrogens with zero attached hydrogens (tertiary/aromatic N) is 4. The van der Waals surface area contributed by atoms with Crippen molar-refractivity contribution in [2.24, 2.45) is 0 Å². The molecule has 3 heterocycles. The van der Waals surface area contributed by atoms with Crippen LogP contribution in [0.1, 0.15) is 21.7 Å². The van der Waals surface area contributed by atoms with Crippen molar-refractivity contribution < 1.29 is 4.79 Å². The van der Waals surface area contributed by atoms with Crippen molar-refractivity contribution in [3.05, 3.63) is 82.2 Å². The first-order valence-electron chi connectivity index (χ1n) is 8.41. The number of hydrogen-bond acceptors (Lipinski definition) is 4. The van der Waals surface area contributed by atoms with E-state index in [9.17, 15) is 4.79 Å². The third-order valence-electron chi connectivity index (χ3n) is 4.11. The predicted octanol–water partition coefficient (Wildman–Crippen LogP) is 3.79. The summed E-state index contributed by atoms with van der Waals surface area (Å²) in [5.74, 6) is -0.221. The van der Waals surface area contributed by atoms with Gasteiger partial charge in [-0.25, -0.2) is 9.50 Å². The van der Waals surface area contributed by atoms with Crippen LogP contribution in [-0.4, -0.2) is 25.5 Å². The first-order chi connectivity index (χ1) is 13.1. The van der Waals surface area contributed by atoms with Gasteiger partial charge in [0.2, 0.25) is 0 Å². The molecule has 0 aliphatic heterocycles. The molecule has 134 valence electrons. The summed E-state index contributed by atoms with van der Waals surface area (Å²) >= 11 is 3.43. The Morgan fingerprint density at radius 1 is 1.11 bits per heavy atom. The smallest absolute Gasteiger partial charge is 0.270 e. The molecular formula is C20H16BrN5O. The van der Waals surface area contributed by atoms with Gasteiger partial charge in [-0.1, -0.05) is 34.1 Å². The maximum absolute atomic E-state index is 12.5. The van der Waals surface area contributed by atoms with Crippen LogP contribution in [0.15, 0.2) is 65.3 Å². The van der Waals surface area contributed by atoms with Crippen molar-refractivity contribution in [2.75, 3.05) is 0 Å². The Bertz CT molecular complexity index is 1120. The molecule has 0 saturated heterocycles. The van der Waals surface area contributed by atoms with Crippen molar-refractivity contribution in [1.82, 2.24) is 24.9 Å². The van der Waals surface area contributed by atoms with Crippen LogP contribution in [0.4, 0.5) is 0 Å².